The number of hydrogen-bond acceptors (Lipinski definition) is 2. The van der Waals surface area contributed by atoms with E-state index in [-0.39, 0.29) is 0 Å². The number of nitrogens with zero attached hydrogens (tertiary/aromatic N) is 2. The standard InChI is InChI=1S/C15H20ClN3/c1-3-19-13-7-6-11(16)9-12(13)18-15(19)14-10(2)5-4-8-17-14/h6-7,9-10,14,17H,3-5,8H2,1-2H3. The second-order valence-electron chi connectivity index (χ2n) is 5.40. The summed E-state index contributed by atoms with van der Waals surface area (Å²) in [5.74, 6) is 1.79. The van der Waals surface area contributed by atoms with E-state index in [0.29, 0.717) is 12.0 Å². The van der Waals surface area contributed by atoms with Gasteiger partial charge >= 0.3 is 0 Å². The van der Waals surface area contributed by atoms with E-state index in [0.717, 1.165) is 29.5 Å². The lowest BCUT2D eigenvalue weighted by Gasteiger charge is -2.29. The fraction of sp³-hybridized carbons (Fsp3) is 0.533. The Morgan fingerprint density at radius 3 is 3.05 bits per heavy atom. The quantitative estimate of drug-likeness (QED) is 0.906. The normalized spacial score (nSPS) is 23.9. The van der Waals surface area contributed by atoms with Gasteiger partial charge in [-0.05, 0) is 50.4 Å². The number of fused-ring (bicyclic) bond motifs is 1. The third-order valence-electron chi connectivity index (χ3n) is 4.10. The summed E-state index contributed by atoms with van der Waals surface area (Å²) >= 11 is 6.07. The van der Waals surface area contributed by atoms with Crippen LogP contribution >= 0.6 is 11.6 Å². The Labute approximate surface area is 119 Å². The van der Waals surface area contributed by atoms with Crippen molar-refractivity contribution in [2.45, 2.75) is 39.3 Å². The SMILES string of the molecule is CCn1c(C2NCCCC2C)nc2cc(Cl)ccc21. The molecule has 1 N–H and O–H groups in total. The molecule has 3 rings (SSSR count). The van der Waals surface area contributed by atoms with Gasteiger partial charge in [-0.1, -0.05) is 18.5 Å². The molecule has 0 bridgehead atoms. The smallest absolute Gasteiger partial charge is 0.127 e. The van der Waals surface area contributed by atoms with E-state index in [2.05, 4.69) is 29.8 Å². The van der Waals surface area contributed by atoms with Crippen LogP contribution in [0.5, 0.6) is 0 Å². The number of rotatable bonds is 2. The molecule has 0 spiro atoms. The number of benzene rings is 1. The zero-order chi connectivity index (χ0) is 13.4. The van der Waals surface area contributed by atoms with Crippen LogP contribution in [0.15, 0.2) is 18.2 Å². The van der Waals surface area contributed by atoms with Crippen LogP contribution in [-0.2, 0) is 6.54 Å². The first-order valence-electron chi connectivity index (χ1n) is 7.09. The summed E-state index contributed by atoms with van der Waals surface area (Å²) < 4.78 is 2.31. The summed E-state index contributed by atoms with van der Waals surface area (Å²) in [5, 5.41) is 4.37. The van der Waals surface area contributed by atoms with Crippen LogP contribution in [0.4, 0.5) is 0 Å². The maximum atomic E-state index is 6.07. The first-order chi connectivity index (χ1) is 9.20. The van der Waals surface area contributed by atoms with Crippen molar-refractivity contribution in [3.8, 4) is 0 Å². The molecule has 2 atom stereocenters. The number of hydrogen-bond donors (Lipinski definition) is 1. The summed E-state index contributed by atoms with van der Waals surface area (Å²) in [6, 6.07) is 6.34. The van der Waals surface area contributed by atoms with Crippen LogP contribution in [0.25, 0.3) is 11.0 Å². The van der Waals surface area contributed by atoms with Crippen LogP contribution in [0, 0.1) is 5.92 Å². The first kappa shape index (κ1) is 12.9. The highest BCUT2D eigenvalue weighted by molar-refractivity contribution is 6.31. The van der Waals surface area contributed by atoms with E-state index < -0.39 is 0 Å². The van der Waals surface area contributed by atoms with E-state index in [1.165, 1.54) is 18.4 Å². The first-order valence-corrected chi connectivity index (χ1v) is 7.47. The number of aryl methyl sites for hydroxylation is 1. The van der Waals surface area contributed by atoms with Crippen LogP contribution in [0.2, 0.25) is 5.02 Å². The molecule has 1 fully saturated rings. The van der Waals surface area contributed by atoms with Crippen molar-refractivity contribution in [1.29, 1.82) is 0 Å². The van der Waals surface area contributed by atoms with Crippen LogP contribution in [-0.4, -0.2) is 16.1 Å². The molecule has 19 heavy (non-hydrogen) atoms. The van der Waals surface area contributed by atoms with Crippen LogP contribution in [0.1, 0.15) is 38.6 Å². The summed E-state index contributed by atoms with van der Waals surface area (Å²) in [6.07, 6.45) is 2.53. The van der Waals surface area contributed by atoms with Gasteiger partial charge in [-0.25, -0.2) is 4.98 Å². The lowest BCUT2D eigenvalue weighted by atomic mass is 9.92. The molecule has 2 aromatic rings. The lowest BCUT2D eigenvalue weighted by molar-refractivity contribution is 0.289. The Morgan fingerprint density at radius 2 is 2.32 bits per heavy atom. The fourth-order valence-electron chi connectivity index (χ4n) is 3.09. The van der Waals surface area contributed by atoms with Crippen molar-refractivity contribution < 1.29 is 0 Å². The minimum absolute atomic E-state index is 0.361. The Morgan fingerprint density at radius 1 is 1.47 bits per heavy atom. The van der Waals surface area contributed by atoms with E-state index in [1.54, 1.807) is 0 Å². The molecule has 2 unspecified atom stereocenters. The van der Waals surface area contributed by atoms with E-state index in [9.17, 15) is 0 Å². The van der Waals surface area contributed by atoms with Crippen molar-refractivity contribution in [2.75, 3.05) is 6.54 Å². The molecular weight excluding hydrogens is 258 g/mol. The van der Waals surface area contributed by atoms with Crippen molar-refractivity contribution in [1.82, 2.24) is 14.9 Å². The Bertz CT molecular complexity index is 590. The predicted octanol–water partition coefficient (Wildman–Crippen LogP) is 3.77. The highest BCUT2D eigenvalue weighted by atomic mass is 35.5. The molecule has 3 nitrogen and oxygen atoms in total. The van der Waals surface area contributed by atoms with Gasteiger partial charge in [0.1, 0.15) is 5.82 Å². The zero-order valence-electron chi connectivity index (χ0n) is 11.5. The summed E-state index contributed by atoms with van der Waals surface area (Å²) in [7, 11) is 0. The molecule has 0 aliphatic carbocycles. The molecule has 2 heterocycles. The maximum absolute atomic E-state index is 6.07. The summed E-state index contributed by atoms with van der Waals surface area (Å²) in [5.41, 5.74) is 2.19. The van der Waals surface area contributed by atoms with Crippen molar-refractivity contribution in [3.63, 3.8) is 0 Å². The van der Waals surface area contributed by atoms with E-state index >= 15 is 0 Å². The second kappa shape index (κ2) is 5.14. The van der Waals surface area contributed by atoms with Gasteiger partial charge in [0.15, 0.2) is 0 Å². The van der Waals surface area contributed by atoms with Crippen LogP contribution < -0.4 is 5.32 Å². The van der Waals surface area contributed by atoms with Gasteiger partial charge in [0.25, 0.3) is 0 Å². The van der Waals surface area contributed by atoms with Gasteiger partial charge < -0.3 is 9.88 Å². The van der Waals surface area contributed by atoms with Crippen molar-refractivity contribution in [2.24, 2.45) is 5.92 Å². The number of piperidine rings is 1. The van der Waals surface area contributed by atoms with Gasteiger partial charge in [0, 0.05) is 11.6 Å². The Balaban J connectivity index is 2.11. The monoisotopic (exact) mass is 277 g/mol. The molecule has 1 aliphatic heterocycles. The number of aromatic nitrogens is 2. The Hall–Kier alpha value is -1.06. The molecule has 1 aromatic heterocycles. The van der Waals surface area contributed by atoms with E-state index in [1.807, 2.05) is 12.1 Å². The van der Waals surface area contributed by atoms with Gasteiger partial charge in [0.05, 0.1) is 17.1 Å². The predicted molar refractivity (Wildman–Crippen MR) is 79.6 cm³/mol. The highest BCUT2D eigenvalue weighted by Crippen LogP contribution is 2.31. The Kier molecular flexibility index (Phi) is 3.50. The van der Waals surface area contributed by atoms with E-state index in [4.69, 9.17) is 16.6 Å². The van der Waals surface area contributed by atoms with Gasteiger partial charge in [-0.3, -0.25) is 0 Å². The average molecular weight is 278 g/mol. The molecule has 102 valence electrons. The largest absolute Gasteiger partial charge is 0.327 e. The third kappa shape index (κ3) is 2.26. The minimum Gasteiger partial charge on any atom is -0.327 e. The van der Waals surface area contributed by atoms with Gasteiger partial charge in [0.2, 0.25) is 0 Å². The molecule has 4 heteroatoms. The minimum atomic E-state index is 0.361. The van der Waals surface area contributed by atoms with Gasteiger partial charge in [-0.15, -0.1) is 0 Å². The molecule has 1 saturated heterocycles. The average Bonchev–Trinajstić information content (AvgIpc) is 2.76. The second-order valence-corrected chi connectivity index (χ2v) is 5.84. The van der Waals surface area contributed by atoms with Crippen molar-refractivity contribution >= 4 is 22.6 Å². The molecule has 1 aromatic carbocycles. The third-order valence-corrected chi connectivity index (χ3v) is 4.34. The van der Waals surface area contributed by atoms with Crippen LogP contribution in [0.3, 0.4) is 0 Å². The molecule has 0 radical (unpaired) electrons. The molecular formula is C15H20ClN3. The fourth-order valence-corrected chi connectivity index (χ4v) is 3.25. The lowest BCUT2D eigenvalue weighted by Crippen LogP contribution is -2.34. The summed E-state index contributed by atoms with van der Waals surface area (Å²) in [4.78, 5) is 4.83. The molecule has 0 saturated carbocycles. The number of halogens is 1. The van der Waals surface area contributed by atoms with Gasteiger partial charge in [-0.2, -0.15) is 0 Å². The molecule has 1 aliphatic rings. The van der Waals surface area contributed by atoms with Crippen molar-refractivity contribution in [3.05, 3.63) is 29.0 Å². The molecule has 0 amide bonds. The zero-order valence-corrected chi connectivity index (χ0v) is 12.2. The maximum Gasteiger partial charge on any atom is 0.127 e. The summed E-state index contributed by atoms with van der Waals surface area (Å²) in [6.45, 7) is 6.51. The number of nitrogens with one attached hydrogen (secondary N) is 1. The topological polar surface area (TPSA) is 29.9 Å². The number of imidazole rings is 1. The highest BCUT2D eigenvalue weighted by Gasteiger charge is 2.27.